The highest BCUT2D eigenvalue weighted by atomic mass is 32.1. The number of nitrogens with one attached hydrogen (secondary N) is 1. The Hall–Kier alpha value is -2.41. The zero-order chi connectivity index (χ0) is 18.0. The van der Waals surface area contributed by atoms with Crippen molar-refractivity contribution in [2.45, 2.75) is 26.7 Å². The van der Waals surface area contributed by atoms with Crippen molar-refractivity contribution in [1.29, 1.82) is 0 Å². The van der Waals surface area contributed by atoms with Gasteiger partial charge in [-0.2, -0.15) is 0 Å². The summed E-state index contributed by atoms with van der Waals surface area (Å²) in [4.78, 5) is 29.9. The van der Waals surface area contributed by atoms with Gasteiger partial charge in [-0.3, -0.25) is 9.59 Å². The summed E-state index contributed by atoms with van der Waals surface area (Å²) in [6.07, 6.45) is 1.25. The quantitative estimate of drug-likeness (QED) is 0.880. The van der Waals surface area contributed by atoms with Crippen molar-refractivity contribution in [3.8, 4) is 0 Å². The lowest BCUT2D eigenvalue weighted by Gasteiger charge is -2.30. The van der Waals surface area contributed by atoms with E-state index in [1.807, 2.05) is 6.07 Å². The fourth-order valence-electron chi connectivity index (χ4n) is 2.90. The molecule has 0 radical (unpaired) electrons. The summed E-state index contributed by atoms with van der Waals surface area (Å²) in [5, 5.41) is 5.71. The van der Waals surface area contributed by atoms with Crippen LogP contribution in [0.5, 0.6) is 0 Å². The van der Waals surface area contributed by atoms with Crippen LogP contribution in [0.3, 0.4) is 0 Å². The number of nitrogens with zero attached hydrogens (tertiary/aromatic N) is 2. The van der Waals surface area contributed by atoms with Crippen molar-refractivity contribution in [2.75, 3.05) is 18.4 Å². The van der Waals surface area contributed by atoms with Gasteiger partial charge in [-0.05, 0) is 49.9 Å². The van der Waals surface area contributed by atoms with Gasteiger partial charge in [0.15, 0.2) is 5.13 Å². The summed E-state index contributed by atoms with van der Waals surface area (Å²) < 4.78 is 0. The number of benzene rings is 1. The number of carbonyl (C=O) groups is 2. The predicted molar refractivity (Wildman–Crippen MR) is 99.1 cm³/mol. The smallest absolute Gasteiger partial charge is 0.273 e. The number of aromatic nitrogens is 1. The van der Waals surface area contributed by atoms with Gasteiger partial charge in [0, 0.05) is 30.1 Å². The fourth-order valence-corrected chi connectivity index (χ4v) is 3.61. The molecule has 3 N–H and O–H groups in total. The molecule has 0 saturated carbocycles. The zero-order valence-electron chi connectivity index (χ0n) is 14.4. The second-order valence-corrected chi connectivity index (χ2v) is 7.29. The minimum atomic E-state index is -0.277. The number of rotatable bonds is 4. The highest BCUT2D eigenvalue weighted by Crippen LogP contribution is 2.24. The van der Waals surface area contributed by atoms with Gasteiger partial charge < -0.3 is 16.0 Å². The molecule has 3 rings (SSSR count). The Morgan fingerprint density at radius 3 is 2.60 bits per heavy atom. The van der Waals surface area contributed by atoms with E-state index in [-0.39, 0.29) is 17.7 Å². The minimum absolute atomic E-state index is 0.0905. The lowest BCUT2D eigenvalue weighted by molar-refractivity contribution is -0.123. The van der Waals surface area contributed by atoms with Crippen LogP contribution in [0.25, 0.3) is 0 Å². The Kier molecular flexibility index (Phi) is 5.03. The summed E-state index contributed by atoms with van der Waals surface area (Å²) in [5.74, 6) is -0.491. The van der Waals surface area contributed by atoms with E-state index < -0.39 is 0 Å². The SMILES string of the molecule is Cc1ccc(Nc2nc(C(=O)N3CCC(C(N)=O)CC3)cs2)cc1C. The van der Waals surface area contributed by atoms with Crippen molar-refractivity contribution in [3.05, 3.63) is 40.4 Å². The molecule has 1 aliphatic heterocycles. The lowest BCUT2D eigenvalue weighted by atomic mass is 9.96. The number of primary amides is 1. The highest BCUT2D eigenvalue weighted by Gasteiger charge is 2.27. The maximum atomic E-state index is 12.6. The number of anilines is 2. The van der Waals surface area contributed by atoms with Gasteiger partial charge in [0.25, 0.3) is 5.91 Å². The number of carbonyl (C=O) groups excluding carboxylic acids is 2. The average molecular weight is 358 g/mol. The van der Waals surface area contributed by atoms with Crippen LogP contribution in [-0.2, 0) is 4.79 Å². The van der Waals surface area contributed by atoms with Gasteiger partial charge in [-0.15, -0.1) is 11.3 Å². The van der Waals surface area contributed by atoms with E-state index >= 15 is 0 Å². The largest absolute Gasteiger partial charge is 0.369 e. The molecule has 1 aromatic carbocycles. The van der Waals surface area contributed by atoms with E-state index in [1.54, 1.807) is 10.3 Å². The van der Waals surface area contributed by atoms with Gasteiger partial charge >= 0.3 is 0 Å². The summed E-state index contributed by atoms with van der Waals surface area (Å²) in [6, 6.07) is 6.12. The van der Waals surface area contributed by atoms with Crippen LogP contribution in [0.1, 0.15) is 34.5 Å². The number of amides is 2. The molecule has 0 aliphatic carbocycles. The lowest BCUT2D eigenvalue weighted by Crippen LogP contribution is -2.41. The molecule has 2 amide bonds. The second kappa shape index (κ2) is 7.23. The third-order valence-corrected chi connectivity index (χ3v) is 5.42. The first-order valence-corrected chi connectivity index (χ1v) is 9.20. The Labute approximate surface area is 151 Å². The van der Waals surface area contributed by atoms with Crippen LogP contribution in [0.2, 0.25) is 0 Å². The van der Waals surface area contributed by atoms with Gasteiger partial charge in [-0.25, -0.2) is 4.98 Å². The molecular weight excluding hydrogens is 336 g/mol. The minimum Gasteiger partial charge on any atom is -0.369 e. The normalized spacial score (nSPS) is 15.2. The molecule has 1 aromatic heterocycles. The molecule has 0 atom stereocenters. The van der Waals surface area contributed by atoms with Crippen LogP contribution < -0.4 is 11.1 Å². The monoisotopic (exact) mass is 358 g/mol. The van der Waals surface area contributed by atoms with E-state index in [2.05, 4.69) is 36.3 Å². The maximum absolute atomic E-state index is 12.6. The Morgan fingerprint density at radius 2 is 1.96 bits per heavy atom. The first-order valence-electron chi connectivity index (χ1n) is 8.32. The maximum Gasteiger partial charge on any atom is 0.273 e. The van der Waals surface area contributed by atoms with Crippen LogP contribution >= 0.6 is 11.3 Å². The average Bonchev–Trinajstić information content (AvgIpc) is 3.06. The highest BCUT2D eigenvalue weighted by molar-refractivity contribution is 7.14. The summed E-state index contributed by atoms with van der Waals surface area (Å²) in [7, 11) is 0. The van der Waals surface area contributed by atoms with Gasteiger partial charge in [0.1, 0.15) is 5.69 Å². The van der Waals surface area contributed by atoms with Crippen molar-refractivity contribution in [3.63, 3.8) is 0 Å². The molecule has 132 valence electrons. The van der Waals surface area contributed by atoms with Crippen LogP contribution in [0, 0.1) is 19.8 Å². The standard InChI is InChI=1S/C18H22N4O2S/c1-11-3-4-14(9-12(11)2)20-18-21-15(10-25-18)17(24)22-7-5-13(6-8-22)16(19)23/h3-4,9-10,13H,5-8H2,1-2H3,(H2,19,23)(H,20,21). The first kappa shape index (κ1) is 17.4. The second-order valence-electron chi connectivity index (χ2n) is 6.43. The number of hydrogen-bond donors (Lipinski definition) is 2. The third kappa shape index (κ3) is 3.99. The van der Waals surface area contributed by atoms with Crippen LogP contribution in [-0.4, -0.2) is 34.8 Å². The first-order chi connectivity index (χ1) is 11.9. The Balaban J connectivity index is 1.64. The number of aryl methyl sites for hydroxylation is 2. The van der Waals surface area contributed by atoms with Gasteiger partial charge in [0.2, 0.25) is 5.91 Å². The van der Waals surface area contributed by atoms with E-state index in [0.717, 1.165) is 5.69 Å². The molecule has 1 fully saturated rings. The molecule has 2 heterocycles. The predicted octanol–water partition coefficient (Wildman–Crippen LogP) is 2.84. The van der Waals surface area contributed by atoms with E-state index in [9.17, 15) is 9.59 Å². The van der Waals surface area contributed by atoms with Gasteiger partial charge in [0.05, 0.1) is 0 Å². The fraction of sp³-hybridized carbons (Fsp3) is 0.389. The summed E-state index contributed by atoms with van der Waals surface area (Å²) >= 11 is 1.41. The molecule has 7 heteroatoms. The number of nitrogens with two attached hydrogens (primary N) is 1. The molecule has 1 aliphatic rings. The number of hydrogen-bond acceptors (Lipinski definition) is 5. The third-order valence-electron chi connectivity index (χ3n) is 4.67. The van der Waals surface area contributed by atoms with Crippen molar-refractivity contribution in [2.24, 2.45) is 11.7 Å². The van der Waals surface area contributed by atoms with Gasteiger partial charge in [-0.1, -0.05) is 6.07 Å². The van der Waals surface area contributed by atoms with Crippen molar-refractivity contribution in [1.82, 2.24) is 9.88 Å². The number of thiazole rings is 1. The number of likely N-dealkylation sites (tertiary alicyclic amines) is 1. The summed E-state index contributed by atoms with van der Waals surface area (Å²) in [5.41, 5.74) is 9.17. The molecule has 6 nitrogen and oxygen atoms in total. The van der Waals surface area contributed by atoms with Crippen LogP contribution in [0.15, 0.2) is 23.6 Å². The molecule has 0 unspecified atom stereocenters. The molecule has 2 aromatic rings. The number of piperidine rings is 1. The molecule has 1 saturated heterocycles. The van der Waals surface area contributed by atoms with Crippen molar-refractivity contribution < 1.29 is 9.59 Å². The van der Waals surface area contributed by atoms with E-state index in [1.165, 1.54) is 22.5 Å². The molecular formula is C18H22N4O2S. The topological polar surface area (TPSA) is 88.3 Å². The zero-order valence-corrected chi connectivity index (χ0v) is 15.2. The molecule has 25 heavy (non-hydrogen) atoms. The Bertz CT molecular complexity index is 794. The summed E-state index contributed by atoms with van der Waals surface area (Å²) in [6.45, 7) is 5.22. The molecule has 0 bridgehead atoms. The Morgan fingerprint density at radius 1 is 1.24 bits per heavy atom. The van der Waals surface area contributed by atoms with E-state index in [4.69, 9.17) is 5.73 Å². The molecule has 0 spiro atoms. The van der Waals surface area contributed by atoms with E-state index in [0.29, 0.717) is 36.8 Å². The van der Waals surface area contributed by atoms with Crippen molar-refractivity contribution >= 4 is 34.0 Å². The van der Waals surface area contributed by atoms with Crippen LogP contribution in [0.4, 0.5) is 10.8 Å².